The van der Waals surface area contributed by atoms with E-state index in [-0.39, 0.29) is 0 Å². The van der Waals surface area contributed by atoms with Crippen molar-refractivity contribution in [1.82, 2.24) is 5.32 Å². The van der Waals surface area contributed by atoms with Crippen molar-refractivity contribution in [2.24, 2.45) is 5.92 Å². The van der Waals surface area contributed by atoms with Crippen LogP contribution in [0.3, 0.4) is 0 Å². The Hall–Kier alpha value is -1.22. The van der Waals surface area contributed by atoms with Crippen molar-refractivity contribution in [2.75, 3.05) is 20.8 Å². The van der Waals surface area contributed by atoms with E-state index in [1.54, 1.807) is 7.11 Å². The topological polar surface area (TPSA) is 30.5 Å². The monoisotopic (exact) mass is 249 g/mol. The molecule has 1 aliphatic rings. The normalized spacial score (nSPS) is 15.9. The first kappa shape index (κ1) is 13.2. The van der Waals surface area contributed by atoms with Crippen LogP contribution in [-0.4, -0.2) is 20.8 Å². The zero-order valence-corrected chi connectivity index (χ0v) is 11.4. The summed E-state index contributed by atoms with van der Waals surface area (Å²) in [4.78, 5) is 0. The Labute approximate surface area is 109 Å². The van der Waals surface area contributed by atoms with E-state index in [1.165, 1.54) is 25.7 Å². The van der Waals surface area contributed by atoms with Crippen LogP contribution < -0.4 is 14.8 Å². The summed E-state index contributed by atoms with van der Waals surface area (Å²) in [6.45, 7) is 1.62. The molecule has 3 nitrogen and oxygen atoms in total. The van der Waals surface area contributed by atoms with Gasteiger partial charge in [-0.3, -0.25) is 0 Å². The lowest BCUT2D eigenvalue weighted by Gasteiger charge is -2.17. The van der Waals surface area contributed by atoms with Crippen molar-refractivity contribution >= 4 is 0 Å². The lowest BCUT2D eigenvalue weighted by atomic mass is 10.1. The summed E-state index contributed by atoms with van der Waals surface area (Å²) >= 11 is 0. The Kier molecular flexibility index (Phi) is 4.88. The second kappa shape index (κ2) is 6.64. The molecule has 1 saturated carbocycles. The van der Waals surface area contributed by atoms with Crippen LogP contribution in [0.25, 0.3) is 0 Å². The van der Waals surface area contributed by atoms with Gasteiger partial charge in [-0.1, -0.05) is 25.0 Å². The van der Waals surface area contributed by atoms with Crippen molar-refractivity contribution in [3.63, 3.8) is 0 Å². The fourth-order valence-electron chi connectivity index (χ4n) is 2.59. The zero-order valence-electron chi connectivity index (χ0n) is 11.4. The molecule has 0 radical (unpaired) electrons. The highest BCUT2D eigenvalue weighted by molar-refractivity contribution is 5.46. The number of nitrogens with one attached hydrogen (secondary N) is 1. The Morgan fingerprint density at radius 3 is 2.72 bits per heavy atom. The summed E-state index contributed by atoms with van der Waals surface area (Å²) in [6, 6.07) is 6.06. The molecule has 0 spiro atoms. The van der Waals surface area contributed by atoms with E-state index < -0.39 is 0 Å². The largest absolute Gasteiger partial charge is 0.493 e. The first-order valence-electron chi connectivity index (χ1n) is 6.78. The molecule has 0 bridgehead atoms. The van der Waals surface area contributed by atoms with Gasteiger partial charge in [-0.2, -0.15) is 0 Å². The maximum Gasteiger partial charge on any atom is 0.165 e. The number of benzene rings is 1. The molecule has 0 aliphatic heterocycles. The molecule has 3 heteroatoms. The van der Waals surface area contributed by atoms with Crippen molar-refractivity contribution < 1.29 is 9.47 Å². The quantitative estimate of drug-likeness (QED) is 0.840. The molecule has 0 aromatic heterocycles. The molecule has 1 aromatic carbocycles. The van der Waals surface area contributed by atoms with E-state index in [4.69, 9.17) is 9.47 Å². The predicted molar refractivity (Wildman–Crippen MR) is 73.2 cm³/mol. The second-order valence-electron chi connectivity index (χ2n) is 4.94. The van der Waals surface area contributed by atoms with Crippen molar-refractivity contribution in [3.05, 3.63) is 23.8 Å². The molecular weight excluding hydrogens is 226 g/mol. The Bertz CT molecular complexity index is 373. The Balaban J connectivity index is 2.07. The fourth-order valence-corrected chi connectivity index (χ4v) is 2.59. The van der Waals surface area contributed by atoms with Crippen LogP contribution in [0.4, 0.5) is 0 Å². The third-order valence-electron chi connectivity index (χ3n) is 3.59. The summed E-state index contributed by atoms with van der Waals surface area (Å²) in [6.07, 6.45) is 5.31. The van der Waals surface area contributed by atoms with Crippen LogP contribution in [0.1, 0.15) is 31.2 Å². The molecule has 1 fully saturated rings. The van der Waals surface area contributed by atoms with Crippen molar-refractivity contribution in [2.45, 2.75) is 32.2 Å². The molecule has 1 N–H and O–H groups in total. The van der Waals surface area contributed by atoms with Gasteiger partial charge >= 0.3 is 0 Å². The van der Waals surface area contributed by atoms with E-state index >= 15 is 0 Å². The number of ether oxygens (including phenoxy) is 2. The Morgan fingerprint density at radius 2 is 2.06 bits per heavy atom. The molecule has 0 heterocycles. The first-order valence-corrected chi connectivity index (χ1v) is 6.78. The molecule has 100 valence electrons. The highest BCUT2D eigenvalue weighted by Crippen LogP contribution is 2.33. The number of rotatable bonds is 6. The maximum absolute atomic E-state index is 6.03. The van der Waals surface area contributed by atoms with E-state index in [0.717, 1.165) is 36.1 Å². The summed E-state index contributed by atoms with van der Waals surface area (Å²) in [5.74, 6) is 2.46. The van der Waals surface area contributed by atoms with E-state index in [0.29, 0.717) is 0 Å². The van der Waals surface area contributed by atoms with Gasteiger partial charge in [0.1, 0.15) is 0 Å². The summed E-state index contributed by atoms with van der Waals surface area (Å²) in [5.41, 5.74) is 1.16. The third-order valence-corrected chi connectivity index (χ3v) is 3.59. The molecule has 0 amide bonds. The van der Waals surface area contributed by atoms with Gasteiger partial charge in [-0.15, -0.1) is 0 Å². The number of hydrogen-bond donors (Lipinski definition) is 1. The summed E-state index contributed by atoms with van der Waals surface area (Å²) in [5, 5.41) is 3.17. The van der Waals surface area contributed by atoms with Crippen molar-refractivity contribution in [3.8, 4) is 11.5 Å². The van der Waals surface area contributed by atoms with Crippen LogP contribution in [0.2, 0.25) is 0 Å². The molecular formula is C15H23NO2. The minimum atomic E-state index is 0.720. The smallest absolute Gasteiger partial charge is 0.165 e. The second-order valence-corrected chi connectivity index (χ2v) is 4.94. The summed E-state index contributed by atoms with van der Waals surface area (Å²) < 4.78 is 11.4. The van der Waals surface area contributed by atoms with Gasteiger partial charge < -0.3 is 14.8 Å². The first-order chi connectivity index (χ1) is 8.85. The van der Waals surface area contributed by atoms with Crippen molar-refractivity contribution in [1.29, 1.82) is 0 Å². The standard InChI is InChI=1S/C15H23NO2/c1-16-10-13-8-5-9-14(17-2)15(13)18-11-12-6-3-4-7-12/h5,8-9,12,16H,3-4,6-7,10-11H2,1-2H3. The maximum atomic E-state index is 6.03. The van der Waals surface area contributed by atoms with Crippen LogP contribution in [0.15, 0.2) is 18.2 Å². The average molecular weight is 249 g/mol. The molecule has 1 aromatic rings. The van der Waals surface area contributed by atoms with E-state index in [2.05, 4.69) is 11.4 Å². The number of para-hydroxylation sites is 1. The van der Waals surface area contributed by atoms with Gasteiger partial charge in [0.25, 0.3) is 0 Å². The highest BCUT2D eigenvalue weighted by atomic mass is 16.5. The van der Waals surface area contributed by atoms with Crippen LogP contribution in [0, 0.1) is 5.92 Å². The SMILES string of the molecule is CNCc1cccc(OC)c1OCC1CCCC1. The highest BCUT2D eigenvalue weighted by Gasteiger charge is 2.17. The molecule has 0 unspecified atom stereocenters. The molecule has 1 aliphatic carbocycles. The fraction of sp³-hybridized carbons (Fsp3) is 0.600. The van der Waals surface area contributed by atoms with E-state index in [9.17, 15) is 0 Å². The third kappa shape index (κ3) is 3.16. The minimum absolute atomic E-state index is 0.720. The zero-order chi connectivity index (χ0) is 12.8. The van der Waals surface area contributed by atoms with Gasteiger partial charge in [0.15, 0.2) is 11.5 Å². The van der Waals surface area contributed by atoms with Crippen LogP contribution >= 0.6 is 0 Å². The molecule has 0 atom stereocenters. The number of methoxy groups -OCH3 is 1. The van der Waals surface area contributed by atoms with Gasteiger partial charge in [0.05, 0.1) is 13.7 Å². The average Bonchev–Trinajstić information content (AvgIpc) is 2.90. The van der Waals surface area contributed by atoms with E-state index in [1.807, 2.05) is 19.2 Å². The van der Waals surface area contributed by atoms with Gasteiger partial charge in [-0.05, 0) is 31.9 Å². The molecule has 2 rings (SSSR count). The van der Waals surface area contributed by atoms with Gasteiger partial charge in [0, 0.05) is 12.1 Å². The van der Waals surface area contributed by atoms with Gasteiger partial charge in [0.2, 0.25) is 0 Å². The lowest BCUT2D eigenvalue weighted by molar-refractivity contribution is 0.238. The molecule has 0 saturated heterocycles. The molecule has 18 heavy (non-hydrogen) atoms. The summed E-state index contributed by atoms with van der Waals surface area (Å²) in [7, 11) is 3.64. The van der Waals surface area contributed by atoms with Crippen LogP contribution in [0.5, 0.6) is 11.5 Å². The van der Waals surface area contributed by atoms with Gasteiger partial charge in [-0.25, -0.2) is 0 Å². The Morgan fingerprint density at radius 1 is 1.28 bits per heavy atom. The number of hydrogen-bond acceptors (Lipinski definition) is 3. The lowest BCUT2D eigenvalue weighted by Crippen LogP contribution is -2.12. The predicted octanol–water partition coefficient (Wildman–Crippen LogP) is 2.98. The minimum Gasteiger partial charge on any atom is -0.493 e. The van der Waals surface area contributed by atoms with Crippen LogP contribution in [-0.2, 0) is 6.54 Å².